The van der Waals surface area contributed by atoms with E-state index in [1.165, 1.54) is 33.6 Å². The Balaban J connectivity index is 1.26. The first-order valence-corrected chi connectivity index (χ1v) is 10.6. The number of amides is 2. The van der Waals surface area contributed by atoms with Gasteiger partial charge < -0.3 is 10.3 Å². The fraction of sp³-hybridized carbons (Fsp3) is 0.150. The summed E-state index contributed by atoms with van der Waals surface area (Å²) in [7, 11) is 0. The molecule has 0 saturated heterocycles. The molecule has 3 heterocycles. The molecule has 3 N–H and O–H groups in total. The van der Waals surface area contributed by atoms with Crippen LogP contribution >= 0.6 is 22.7 Å². The Morgan fingerprint density at radius 2 is 2.04 bits per heavy atom. The summed E-state index contributed by atoms with van der Waals surface area (Å²) in [6.07, 6.45) is 2.94. The summed E-state index contributed by atoms with van der Waals surface area (Å²) in [5, 5.41) is 12.8. The van der Waals surface area contributed by atoms with Crippen LogP contribution in [-0.4, -0.2) is 28.3 Å². The average Bonchev–Trinajstić information content (AvgIpc) is 3.43. The molecule has 0 fully saturated rings. The predicted molar refractivity (Wildman–Crippen MR) is 113 cm³/mol. The van der Waals surface area contributed by atoms with E-state index in [2.05, 4.69) is 26.7 Å². The third-order valence-electron chi connectivity index (χ3n) is 4.29. The summed E-state index contributed by atoms with van der Waals surface area (Å²) < 4.78 is 0. The maximum Gasteiger partial charge on any atom is 0.258 e. The zero-order valence-electron chi connectivity index (χ0n) is 14.9. The summed E-state index contributed by atoms with van der Waals surface area (Å²) in [6.45, 7) is 0.562. The number of hydrogen-bond acceptors (Lipinski definition) is 5. The molecular formula is C20H18N4O2S2. The van der Waals surface area contributed by atoms with Crippen molar-refractivity contribution >= 4 is 50.5 Å². The third kappa shape index (κ3) is 4.29. The number of carbonyl (C=O) groups excluding carboxylic acids is 2. The van der Waals surface area contributed by atoms with Crippen LogP contribution in [0.25, 0.3) is 10.9 Å². The molecule has 8 heteroatoms. The van der Waals surface area contributed by atoms with Crippen molar-refractivity contribution in [2.75, 3.05) is 11.9 Å². The molecule has 142 valence electrons. The number of thiophene rings is 1. The topological polar surface area (TPSA) is 86.9 Å². The van der Waals surface area contributed by atoms with Gasteiger partial charge in [0, 0.05) is 34.4 Å². The van der Waals surface area contributed by atoms with Gasteiger partial charge in [0.05, 0.1) is 17.7 Å². The molecule has 0 radical (unpaired) electrons. The second-order valence-electron chi connectivity index (χ2n) is 6.25. The highest BCUT2D eigenvalue weighted by Gasteiger charge is 2.11. The van der Waals surface area contributed by atoms with Crippen molar-refractivity contribution < 1.29 is 9.59 Å². The van der Waals surface area contributed by atoms with Crippen molar-refractivity contribution in [3.8, 4) is 0 Å². The van der Waals surface area contributed by atoms with Crippen LogP contribution in [0.3, 0.4) is 0 Å². The minimum absolute atomic E-state index is 0.0825. The number of H-pyrrole nitrogens is 1. The standard InChI is InChI=1S/C20H18N4O2S2/c25-18(21-7-5-13-10-22-17-4-2-1-3-16(13)17)9-15-12-28-20(23-15)24-19(26)14-6-8-27-11-14/h1-4,6,8,10-12,22H,5,7,9H2,(H,21,25)(H,23,24,26). The summed E-state index contributed by atoms with van der Waals surface area (Å²) in [4.78, 5) is 31.8. The van der Waals surface area contributed by atoms with E-state index in [9.17, 15) is 9.59 Å². The summed E-state index contributed by atoms with van der Waals surface area (Å²) in [6, 6.07) is 9.87. The van der Waals surface area contributed by atoms with Crippen LogP contribution in [0.2, 0.25) is 0 Å². The van der Waals surface area contributed by atoms with E-state index >= 15 is 0 Å². The molecule has 6 nitrogen and oxygen atoms in total. The molecule has 4 rings (SSSR count). The fourth-order valence-corrected chi connectivity index (χ4v) is 4.25. The lowest BCUT2D eigenvalue weighted by atomic mass is 10.1. The minimum atomic E-state index is -0.190. The van der Waals surface area contributed by atoms with Crippen molar-refractivity contribution in [1.29, 1.82) is 0 Å². The molecule has 0 bridgehead atoms. The normalized spacial score (nSPS) is 10.9. The number of para-hydroxylation sites is 1. The lowest BCUT2D eigenvalue weighted by Crippen LogP contribution is -2.27. The van der Waals surface area contributed by atoms with Gasteiger partial charge in [-0.05, 0) is 29.5 Å². The van der Waals surface area contributed by atoms with E-state index < -0.39 is 0 Å². The Kier molecular flexibility index (Phi) is 5.50. The number of carbonyl (C=O) groups is 2. The number of aromatic nitrogens is 2. The third-order valence-corrected chi connectivity index (χ3v) is 5.78. The first kappa shape index (κ1) is 18.4. The highest BCUT2D eigenvalue weighted by atomic mass is 32.1. The van der Waals surface area contributed by atoms with Crippen molar-refractivity contribution in [3.63, 3.8) is 0 Å². The van der Waals surface area contributed by atoms with E-state index in [4.69, 9.17) is 0 Å². The van der Waals surface area contributed by atoms with Gasteiger partial charge in [0.2, 0.25) is 5.91 Å². The SMILES string of the molecule is O=C(Cc1csc(NC(=O)c2ccsc2)n1)NCCc1c[nH]c2ccccc12. The van der Waals surface area contributed by atoms with Crippen molar-refractivity contribution in [1.82, 2.24) is 15.3 Å². The Labute approximate surface area is 169 Å². The zero-order chi connectivity index (χ0) is 19.3. The van der Waals surface area contributed by atoms with Gasteiger partial charge in [-0.2, -0.15) is 11.3 Å². The van der Waals surface area contributed by atoms with E-state index in [-0.39, 0.29) is 18.2 Å². The molecule has 4 aromatic rings. The number of hydrogen-bond donors (Lipinski definition) is 3. The molecule has 0 spiro atoms. The fourth-order valence-electron chi connectivity index (χ4n) is 2.91. The molecule has 0 unspecified atom stereocenters. The molecule has 0 aliphatic heterocycles. The highest BCUT2D eigenvalue weighted by molar-refractivity contribution is 7.14. The molecule has 0 aliphatic rings. The van der Waals surface area contributed by atoms with Crippen LogP contribution in [-0.2, 0) is 17.6 Å². The average molecular weight is 411 g/mol. The first-order valence-electron chi connectivity index (χ1n) is 8.78. The van der Waals surface area contributed by atoms with Gasteiger partial charge in [-0.15, -0.1) is 11.3 Å². The number of rotatable bonds is 7. The largest absolute Gasteiger partial charge is 0.361 e. The Hall–Kier alpha value is -2.97. The van der Waals surface area contributed by atoms with Gasteiger partial charge in [-0.3, -0.25) is 14.9 Å². The van der Waals surface area contributed by atoms with E-state index in [0.29, 0.717) is 22.9 Å². The van der Waals surface area contributed by atoms with Gasteiger partial charge >= 0.3 is 0 Å². The predicted octanol–water partition coefficient (Wildman–Crippen LogP) is 3.84. The monoisotopic (exact) mass is 410 g/mol. The zero-order valence-corrected chi connectivity index (χ0v) is 16.5. The Bertz CT molecular complexity index is 1100. The second kappa shape index (κ2) is 8.37. The van der Waals surface area contributed by atoms with Crippen molar-refractivity contribution in [2.45, 2.75) is 12.8 Å². The van der Waals surface area contributed by atoms with E-state index in [0.717, 1.165) is 11.9 Å². The molecule has 2 amide bonds. The molecule has 28 heavy (non-hydrogen) atoms. The number of fused-ring (bicyclic) bond motifs is 1. The van der Waals surface area contributed by atoms with Crippen molar-refractivity contribution in [3.05, 3.63) is 69.5 Å². The number of thiazole rings is 1. The smallest absolute Gasteiger partial charge is 0.258 e. The van der Waals surface area contributed by atoms with E-state index in [1.54, 1.807) is 16.8 Å². The summed E-state index contributed by atoms with van der Waals surface area (Å²) in [5.41, 5.74) is 3.54. The van der Waals surface area contributed by atoms with Gasteiger partial charge in [0.1, 0.15) is 0 Å². The maximum atomic E-state index is 12.2. The van der Waals surface area contributed by atoms with Crippen molar-refractivity contribution in [2.24, 2.45) is 0 Å². The number of nitrogens with one attached hydrogen (secondary N) is 3. The molecule has 0 aliphatic carbocycles. The van der Waals surface area contributed by atoms with Gasteiger partial charge in [0.25, 0.3) is 5.91 Å². The van der Waals surface area contributed by atoms with Crippen LogP contribution in [0.5, 0.6) is 0 Å². The second-order valence-corrected chi connectivity index (χ2v) is 7.88. The first-order chi connectivity index (χ1) is 13.7. The maximum absolute atomic E-state index is 12.2. The lowest BCUT2D eigenvalue weighted by Gasteiger charge is -2.04. The number of nitrogens with zero attached hydrogens (tertiary/aromatic N) is 1. The Morgan fingerprint density at radius 1 is 1.14 bits per heavy atom. The summed E-state index contributed by atoms with van der Waals surface area (Å²) >= 11 is 2.78. The van der Waals surface area contributed by atoms with Gasteiger partial charge in [-0.1, -0.05) is 18.2 Å². The molecule has 0 atom stereocenters. The molecule has 3 aromatic heterocycles. The van der Waals surface area contributed by atoms with Crippen LogP contribution in [0.4, 0.5) is 5.13 Å². The molecular weight excluding hydrogens is 392 g/mol. The van der Waals surface area contributed by atoms with Crippen LogP contribution < -0.4 is 10.6 Å². The number of anilines is 1. The molecule has 0 saturated carbocycles. The lowest BCUT2D eigenvalue weighted by molar-refractivity contribution is -0.120. The van der Waals surface area contributed by atoms with Gasteiger partial charge in [-0.25, -0.2) is 4.98 Å². The minimum Gasteiger partial charge on any atom is -0.361 e. The van der Waals surface area contributed by atoms with Gasteiger partial charge in [0.15, 0.2) is 5.13 Å². The number of aromatic amines is 1. The van der Waals surface area contributed by atoms with E-state index in [1.807, 2.05) is 29.8 Å². The number of benzene rings is 1. The quantitative estimate of drug-likeness (QED) is 0.433. The molecule has 1 aromatic carbocycles. The van der Waals surface area contributed by atoms with Crippen LogP contribution in [0.1, 0.15) is 21.6 Å². The Morgan fingerprint density at radius 3 is 2.89 bits per heavy atom. The summed E-state index contributed by atoms with van der Waals surface area (Å²) in [5.74, 6) is -0.272. The van der Waals surface area contributed by atoms with Crippen LogP contribution in [0, 0.1) is 0 Å². The van der Waals surface area contributed by atoms with Crippen LogP contribution in [0.15, 0.2) is 52.7 Å². The highest BCUT2D eigenvalue weighted by Crippen LogP contribution is 2.19.